The minimum absolute atomic E-state index is 0.0460. The van der Waals surface area contributed by atoms with Crippen molar-refractivity contribution in [2.75, 3.05) is 19.3 Å². The Morgan fingerprint density at radius 1 is 1.50 bits per heavy atom. The molecule has 5 nitrogen and oxygen atoms in total. The Morgan fingerprint density at radius 3 is 2.44 bits per heavy atom. The average Bonchev–Trinajstić information content (AvgIpc) is 2.11. The van der Waals surface area contributed by atoms with E-state index in [0.29, 0.717) is 0 Å². The van der Waals surface area contributed by atoms with Crippen molar-refractivity contribution in [1.29, 1.82) is 0 Å². The van der Waals surface area contributed by atoms with Gasteiger partial charge in [0.15, 0.2) is 0 Å². The zero-order valence-corrected chi connectivity index (χ0v) is 10.5. The van der Waals surface area contributed by atoms with E-state index in [9.17, 15) is 13.2 Å². The van der Waals surface area contributed by atoms with Crippen LogP contribution in [0.1, 0.15) is 26.2 Å². The number of hydrogen-bond acceptors (Lipinski definition) is 3. The van der Waals surface area contributed by atoms with Crippen molar-refractivity contribution in [2.24, 2.45) is 11.8 Å². The fourth-order valence-electron chi connectivity index (χ4n) is 1.66. The molecular formula is C10H19NO4S. The zero-order chi connectivity index (χ0) is 12.3. The van der Waals surface area contributed by atoms with Crippen molar-refractivity contribution in [1.82, 2.24) is 4.31 Å². The number of carboxylic acid groups (broad SMARTS) is 1. The van der Waals surface area contributed by atoms with E-state index in [-0.39, 0.29) is 18.2 Å². The molecular weight excluding hydrogens is 230 g/mol. The van der Waals surface area contributed by atoms with Gasteiger partial charge in [0.2, 0.25) is 10.0 Å². The summed E-state index contributed by atoms with van der Waals surface area (Å²) in [5, 5.41) is 8.71. The summed E-state index contributed by atoms with van der Waals surface area (Å²) in [4.78, 5) is 10.6. The first kappa shape index (κ1) is 13.4. The van der Waals surface area contributed by atoms with Crippen molar-refractivity contribution in [3.63, 3.8) is 0 Å². The smallest absolute Gasteiger partial charge is 0.307 e. The molecule has 0 aliphatic heterocycles. The summed E-state index contributed by atoms with van der Waals surface area (Å²) >= 11 is 0. The minimum atomic E-state index is -3.28. The maximum Gasteiger partial charge on any atom is 0.307 e. The number of rotatable bonds is 6. The Balaban J connectivity index is 2.50. The molecule has 0 radical (unpaired) electrons. The molecule has 0 aromatic heterocycles. The number of carbonyl (C=O) groups is 1. The predicted molar refractivity (Wildman–Crippen MR) is 60.6 cm³/mol. The lowest BCUT2D eigenvalue weighted by atomic mass is 9.87. The molecule has 1 aliphatic carbocycles. The van der Waals surface area contributed by atoms with Gasteiger partial charge in [-0.15, -0.1) is 0 Å². The Hall–Kier alpha value is -0.620. The van der Waals surface area contributed by atoms with Crippen molar-refractivity contribution in [3.05, 3.63) is 0 Å². The highest BCUT2D eigenvalue weighted by Crippen LogP contribution is 2.28. The van der Waals surface area contributed by atoms with Gasteiger partial charge in [0.1, 0.15) is 0 Å². The second-order valence-electron chi connectivity index (χ2n) is 4.60. The first-order valence-electron chi connectivity index (χ1n) is 5.49. The molecule has 1 fully saturated rings. The van der Waals surface area contributed by atoms with Gasteiger partial charge >= 0.3 is 5.97 Å². The monoisotopic (exact) mass is 249 g/mol. The molecule has 1 N–H and O–H groups in total. The highest BCUT2D eigenvalue weighted by Gasteiger charge is 2.28. The summed E-state index contributed by atoms with van der Waals surface area (Å²) in [5.74, 6) is -1.20. The third-order valence-corrected chi connectivity index (χ3v) is 5.09. The van der Waals surface area contributed by atoms with Gasteiger partial charge in [-0.3, -0.25) is 4.79 Å². The lowest BCUT2D eigenvalue weighted by molar-refractivity contribution is -0.141. The molecule has 0 spiro atoms. The van der Waals surface area contributed by atoms with Crippen molar-refractivity contribution < 1.29 is 18.3 Å². The molecule has 0 aromatic carbocycles. The molecule has 0 saturated heterocycles. The Bertz CT molecular complexity index is 348. The quantitative estimate of drug-likeness (QED) is 0.754. The molecule has 0 bridgehead atoms. The lowest BCUT2D eigenvalue weighted by Crippen LogP contribution is -2.38. The van der Waals surface area contributed by atoms with Crippen molar-refractivity contribution in [2.45, 2.75) is 26.2 Å². The first-order chi connectivity index (χ1) is 7.33. The van der Waals surface area contributed by atoms with Crippen LogP contribution in [0.3, 0.4) is 0 Å². The number of sulfonamides is 1. The van der Waals surface area contributed by atoms with Crippen LogP contribution in [0.2, 0.25) is 0 Å². The van der Waals surface area contributed by atoms with Crippen LogP contribution in [0.25, 0.3) is 0 Å². The maximum absolute atomic E-state index is 11.8. The SMILES string of the molecule is CC(CN(C)S(=O)(=O)CC1CCC1)C(=O)O. The molecule has 0 heterocycles. The van der Waals surface area contributed by atoms with E-state index >= 15 is 0 Å². The number of nitrogens with zero attached hydrogens (tertiary/aromatic N) is 1. The normalized spacial score (nSPS) is 19.4. The van der Waals surface area contributed by atoms with E-state index < -0.39 is 21.9 Å². The van der Waals surface area contributed by atoms with Gasteiger partial charge in [-0.2, -0.15) is 0 Å². The van der Waals surface area contributed by atoms with Crippen LogP contribution in [-0.2, 0) is 14.8 Å². The van der Waals surface area contributed by atoms with Gasteiger partial charge in [-0.05, 0) is 18.8 Å². The van der Waals surface area contributed by atoms with Crippen LogP contribution in [-0.4, -0.2) is 43.1 Å². The molecule has 0 aromatic rings. The largest absolute Gasteiger partial charge is 0.481 e. The number of hydrogen-bond donors (Lipinski definition) is 1. The second-order valence-corrected chi connectivity index (χ2v) is 6.72. The van der Waals surface area contributed by atoms with Gasteiger partial charge in [0.05, 0.1) is 11.7 Å². The van der Waals surface area contributed by atoms with Gasteiger partial charge < -0.3 is 5.11 Å². The summed E-state index contributed by atoms with van der Waals surface area (Å²) in [7, 11) is -1.83. The van der Waals surface area contributed by atoms with Crippen LogP contribution < -0.4 is 0 Å². The standard InChI is InChI=1S/C10H19NO4S/c1-8(10(12)13)6-11(2)16(14,15)7-9-4-3-5-9/h8-9H,3-7H2,1-2H3,(H,12,13). The summed E-state index contributed by atoms with van der Waals surface area (Å²) in [6.45, 7) is 1.56. The Kier molecular flexibility index (Phi) is 4.32. The topological polar surface area (TPSA) is 74.7 Å². The average molecular weight is 249 g/mol. The van der Waals surface area contributed by atoms with E-state index in [1.165, 1.54) is 18.3 Å². The van der Waals surface area contributed by atoms with E-state index in [1.54, 1.807) is 0 Å². The van der Waals surface area contributed by atoms with Gasteiger partial charge in [-0.25, -0.2) is 12.7 Å². The van der Waals surface area contributed by atoms with Crippen LogP contribution in [0, 0.1) is 11.8 Å². The summed E-state index contributed by atoms with van der Waals surface area (Å²) in [5.41, 5.74) is 0. The van der Waals surface area contributed by atoms with Crippen LogP contribution >= 0.6 is 0 Å². The van der Waals surface area contributed by atoms with Crippen LogP contribution in [0.4, 0.5) is 0 Å². The molecule has 1 saturated carbocycles. The Morgan fingerprint density at radius 2 is 2.06 bits per heavy atom. The molecule has 1 atom stereocenters. The highest BCUT2D eigenvalue weighted by molar-refractivity contribution is 7.89. The summed E-state index contributed by atoms with van der Waals surface area (Å²) in [6, 6.07) is 0. The number of carboxylic acids is 1. The van der Waals surface area contributed by atoms with E-state index in [1.807, 2.05) is 0 Å². The Labute approximate surface area is 96.5 Å². The zero-order valence-electron chi connectivity index (χ0n) is 9.72. The lowest BCUT2D eigenvalue weighted by Gasteiger charge is -2.28. The minimum Gasteiger partial charge on any atom is -0.481 e. The summed E-state index contributed by atoms with van der Waals surface area (Å²) in [6.07, 6.45) is 3.05. The van der Waals surface area contributed by atoms with Crippen molar-refractivity contribution >= 4 is 16.0 Å². The molecule has 16 heavy (non-hydrogen) atoms. The molecule has 1 unspecified atom stereocenters. The molecule has 0 amide bonds. The molecule has 1 rings (SSSR count). The molecule has 6 heteroatoms. The van der Waals surface area contributed by atoms with E-state index in [0.717, 1.165) is 19.3 Å². The van der Waals surface area contributed by atoms with E-state index in [2.05, 4.69) is 0 Å². The van der Waals surface area contributed by atoms with Crippen LogP contribution in [0.5, 0.6) is 0 Å². The van der Waals surface area contributed by atoms with Gasteiger partial charge in [0.25, 0.3) is 0 Å². The fourth-order valence-corrected chi connectivity index (χ4v) is 3.30. The highest BCUT2D eigenvalue weighted by atomic mass is 32.2. The molecule has 94 valence electrons. The van der Waals surface area contributed by atoms with E-state index in [4.69, 9.17) is 5.11 Å². The van der Waals surface area contributed by atoms with Gasteiger partial charge in [-0.1, -0.05) is 13.3 Å². The third-order valence-electron chi connectivity index (χ3n) is 3.10. The maximum atomic E-state index is 11.8. The second kappa shape index (κ2) is 5.14. The third kappa shape index (κ3) is 3.45. The first-order valence-corrected chi connectivity index (χ1v) is 7.10. The molecule has 1 aliphatic rings. The fraction of sp³-hybridized carbons (Fsp3) is 0.900. The predicted octanol–water partition coefficient (Wildman–Crippen LogP) is 0.769. The van der Waals surface area contributed by atoms with Crippen LogP contribution in [0.15, 0.2) is 0 Å². The number of aliphatic carboxylic acids is 1. The summed E-state index contributed by atoms with van der Waals surface area (Å²) < 4.78 is 24.8. The van der Waals surface area contributed by atoms with Gasteiger partial charge in [0, 0.05) is 13.6 Å². The van der Waals surface area contributed by atoms with Crippen molar-refractivity contribution in [3.8, 4) is 0 Å².